The fourth-order valence-electron chi connectivity index (χ4n) is 3.70. The van der Waals surface area contributed by atoms with Gasteiger partial charge in [-0.3, -0.25) is 9.20 Å². The van der Waals surface area contributed by atoms with Crippen LogP contribution in [0.2, 0.25) is 0 Å². The van der Waals surface area contributed by atoms with Crippen molar-refractivity contribution in [1.29, 1.82) is 0 Å². The Morgan fingerprint density at radius 3 is 2.43 bits per heavy atom. The summed E-state index contributed by atoms with van der Waals surface area (Å²) < 4.78 is 27.5. The Kier molecular flexibility index (Phi) is 5.23. The first-order valence-corrected chi connectivity index (χ1v) is 9.49. The SMILES string of the molecule is O=C(NC1CCC(Nc2cccc3nc(C(F)F)cn23)CC1)c1ccccc1. The number of nitrogens with one attached hydrogen (secondary N) is 2. The number of carbonyl (C=O) groups excluding carboxylic acids is 1. The zero-order chi connectivity index (χ0) is 19.5. The van der Waals surface area contributed by atoms with Crippen LogP contribution < -0.4 is 10.6 Å². The molecule has 0 unspecified atom stereocenters. The van der Waals surface area contributed by atoms with Gasteiger partial charge >= 0.3 is 0 Å². The second-order valence-electron chi connectivity index (χ2n) is 7.14. The number of carbonyl (C=O) groups is 1. The van der Waals surface area contributed by atoms with Crippen molar-refractivity contribution in [2.24, 2.45) is 0 Å². The van der Waals surface area contributed by atoms with Gasteiger partial charge in [-0.1, -0.05) is 24.3 Å². The highest BCUT2D eigenvalue weighted by Gasteiger charge is 2.23. The number of nitrogens with zero attached hydrogens (tertiary/aromatic N) is 2. The van der Waals surface area contributed by atoms with Crippen molar-refractivity contribution in [2.75, 3.05) is 5.32 Å². The van der Waals surface area contributed by atoms with Crippen LogP contribution in [-0.4, -0.2) is 27.4 Å². The molecule has 0 radical (unpaired) electrons. The smallest absolute Gasteiger partial charge is 0.281 e. The topological polar surface area (TPSA) is 58.4 Å². The Balaban J connectivity index is 1.36. The van der Waals surface area contributed by atoms with Crippen molar-refractivity contribution < 1.29 is 13.6 Å². The number of hydrogen-bond donors (Lipinski definition) is 2. The van der Waals surface area contributed by atoms with Gasteiger partial charge < -0.3 is 10.6 Å². The van der Waals surface area contributed by atoms with Crippen molar-refractivity contribution in [3.8, 4) is 0 Å². The molecular weight excluding hydrogens is 362 g/mol. The number of rotatable bonds is 5. The minimum absolute atomic E-state index is 0.0419. The molecule has 1 aliphatic carbocycles. The van der Waals surface area contributed by atoms with Crippen molar-refractivity contribution >= 4 is 17.4 Å². The van der Waals surface area contributed by atoms with Gasteiger partial charge in [0.15, 0.2) is 0 Å². The lowest BCUT2D eigenvalue weighted by Gasteiger charge is -2.30. The van der Waals surface area contributed by atoms with Gasteiger partial charge in [0.05, 0.1) is 0 Å². The molecule has 1 aromatic carbocycles. The maximum atomic E-state index is 12.9. The lowest BCUT2D eigenvalue weighted by atomic mass is 9.91. The standard InChI is InChI=1S/C21H22F2N4O/c22-20(23)17-13-27-18(7-4-8-19(27)26-17)24-15-9-11-16(12-10-15)25-21(28)14-5-2-1-3-6-14/h1-8,13,15-16,20,24H,9-12H2,(H,25,28). The van der Waals surface area contributed by atoms with E-state index in [1.807, 2.05) is 42.5 Å². The molecule has 28 heavy (non-hydrogen) atoms. The molecule has 0 atom stereocenters. The maximum Gasteiger partial charge on any atom is 0.281 e. The van der Waals surface area contributed by atoms with Crippen LogP contribution in [0.1, 0.15) is 48.2 Å². The zero-order valence-corrected chi connectivity index (χ0v) is 15.3. The van der Waals surface area contributed by atoms with Gasteiger partial charge in [0.1, 0.15) is 17.2 Å². The van der Waals surface area contributed by atoms with Gasteiger partial charge in [-0.25, -0.2) is 13.8 Å². The molecule has 2 heterocycles. The Morgan fingerprint density at radius 2 is 1.71 bits per heavy atom. The average molecular weight is 384 g/mol. The molecule has 1 amide bonds. The first-order valence-electron chi connectivity index (χ1n) is 9.49. The molecule has 1 aliphatic rings. The number of pyridine rings is 1. The number of fused-ring (bicyclic) bond motifs is 1. The molecular formula is C21H22F2N4O. The number of hydrogen-bond acceptors (Lipinski definition) is 3. The molecule has 146 valence electrons. The number of halogens is 2. The van der Waals surface area contributed by atoms with E-state index in [1.165, 1.54) is 6.20 Å². The lowest BCUT2D eigenvalue weighted by Crippen LogP contribution is -2.40. The van der Waals surface area contributed by atoms with Crippen LogP contribution >= 0.6 is 0 Å². The molecule has 7 heteroatoms. The van der Waals surface area contributed by atoms with Gasteiger partial charge in [0, 0.05) is 23.8 Å². The van der Waals surface area contributed by atoms with Crippen LogP contribution in [0.5, 0.6) is 0 Å². The Labute approximate surface area is 161 Å². The van der Waals surface area contributed by atoms with Crippen molar-refractivity contribution in [3.05, 3.63) is 66.0 Å². The monoisotopic (exact) mass is 384 g/mol. The van der Waals surface area contributed by atoms with E-state index in [1.54, 1.807) is 10.5 Å². The van der Waals surface area contributed by atoms with Crippen LogP contribution in [0.15, 0.2) is 54.7 Å². The molecule has 2 aromatic heterocycles. The Bertz CT molecular complexity index is 949. The summed E-state index contributed by atoms with van der Waals surface area (Å²) in [6.07, 6.45) is 2.33. The number of benzene rings is 1. The summed E-state index contributed by atoms with van der Waals surface area (Å²) in [6, 6.07) is 15.0. The fourth-order valence-corrected chi connectivity index (χ4v) is 3.70. The average Bonchev–Trinajstić information content (AvgIpc) is 3.16. The van der Waals surface area contributed by atoms with Crippen LogP contribution in [0, 0.1) is 0 Å². The zero-order valence-electron chi connectivity index (χ0n) is 15.3. The predicted molar refractivity (Wildman–Crippen MR) is 104 cm³/mol. The molecule has 1 fully saturated rings. The first kappa shape index (κ1) is 18.4. The minimum atomic E-state index is -2.59. The third kappa shape index (κ3) is 3.98. The second-order valence-corrected chi connectivity index (χ2v) is 7.14. The number of amides is 1. The molecule has 1 saturated carbocycles. The Hall–Kier alpha value is -2.96. The van der Waals surface area contributed by atoms with Crippen molar-refractivity contribution in [1.82, 2.24) is 14.7 Å². The number of alkyl halides is 2. The van der Waals surface area contributed by atoms with Crippen LogP contribution in [0.4, 0.5) is 14.6 Å². The molecule has 4 rings (SSSR count). The van der Waals surface area contributed by atoms with E-state index in [2.05, 4.69) is 15.6 Å². The summed E-state index contributed by atoms with van der Waals surface area (Å²) in [7, 11) is 0. The first-order chi connectivity index (χ1) is 13.6. The lowest BCUT2D eigenvalue weighted by molar-refractivity contribution is 0.0926. The highest BCUT2D eigenvalue weighted by atomic mass is 19.3. The molecule has 0 saturated heterocycles. The highest BCUT2D eigenvalue weighted by Crippen LogP contribution is 2.25. The molecule has 0 aliphatic heterocycles. The van der Waals surface area contributed by atoms with Gasteiger partial charge in [-0.15, -0.1) is 0 Å². The fraction of sp³-hybridized carbons (Fsp3) is 0.333. The van der Waals surface area contributed by atoms with E-state index in [0.29, 0.717) is 11.2 Å². The number of aromatic nitrogens is 2. The molecule has 3 aromatic rings. The molecule has 0 spiro atoms. The normalized spacial score (nSPS) is 19.7. The minimum Gasteiger partial charge on any atom is -0.368 e. The summed E-state index contributed by atoms with van der Waals surface area (Å²) in [4.78, 5) is 16.3. The van der Waals surface area contributed by atoms with E-state index in [9.17, 15) is 13.6 Å². The van der Waals surface area contributed by atoms with Crippen molar-refractivity contribution in [3.63, 3.8) is 0 Å². The van der Waals surface area contributed by atoms with Gasteiger partial charge in [0.25, 0.3) is 12.3 Å². The van der Waals surface area contributed by atoms with Gasteiger partial charge in [-0.2, -0.15) is 0 Å². The molecule has 2 N–H and O–H groups in total. The third-order valence-corrected chi connectivity index (χ3v) is 5.18. The van der Waals surface area contributed by atoms with E-state index in [0.717, 1.165) is 31.5 Å². The third-order valence-electron chi connectivity index (χ3n) is 5.18. The largest absolute Gasteiger partial charge is 0.368 e. The summed E-state index contributed by atoms with van der Waals surface area (Å²) >= 11 is 0. The second kappa shape index (κ2) is 7.96. The summed E-state index contributed by atoms with van der Waals surface area (Å²) in [6.45, 7) is 0. The van der Waals surface area contributed by atoms with Crippen LogP contribution in [-0.2, 0) is 0 Å². The Morgan fingerprint density at radius 1 is 1.00 bits per heavy atom. The van der Waals surface area contributed by atoms with E-state index in [4.69, 9.17) is 0 Å². The van der Waals surface area contributed by atoms with Crippen LogP contribution in [0.3, 0.4) is 0 Å². The maximum absolute atomic E-state index is 12.9. The van der Waals surface area contributed by atoms with E-state index in [-0.39, 0.29) is 23.7 Å². The van der Waals surface area contributed by atoms with E-state index < -0.39 is 6.43 Å². The van der Waals surface area contributed by atoms with Gasteiger partial charge in [-0.05, 0) is 49.9 Å². The predicted octanol–water partition coefficient (Wildman–Crippen LogP) is 4.43. The summed E-state index contributed by atoms with van der Waals surface area (Å²) in [5.41, 5.74) is 0.954. The molecule has 0 bridgehead atoms. The molecule has 5 nitrogen and oxygen atoms in total. The van der Waals surface area contributed by atoms with Crippen molar-refractivity contribution in [2.45, 2.75) is 44.2 Å². The number of imidazole rings is 1. The highest BCUT2D eigenvalue weighted by molar-refractivity contribution is 5.94. The number of anilines is 1. The van der Waals surface area contributed by atoms with Crippen LogP contribution in [0.25, 0.3) is 5.65 Å². The summed E-state index contributed by atoms with van der Waals surface area (Å²) in [5.74, 6) is 0.716. The quantitative estimate of drug-likeness (QED) is 0.684. The summed E-state index contributed by atoms with van der Waals surface area (Å²) in [5, 5.41) is 6.55. The van der Waals surface area contributed by atoms with Gasteiger partial charge in [0.2, 0.25) is 0 Å². The van der Waals surface area contributed by atoms with E-state index >= 15 is 0 Å².